The van der Waals surface area contributed by atoms with Crippen LogP contribution >= 0.6 is 7.82 Å². The van der Waals surface area contributed by atoms with E-state index in [0.717, 1.165) is 89.9 Å². The van der Waals surface area contributed by atoms with Crippen LogP contribution in [-0.2, 0) is 27.9 Å². The van der Waals surface area contributed by atoms with Crippen LogP contribution in [0.3, 0.4) is 0 Å². The maximum absolute atomic E-state index is 13.6. The topological polar surface area (TPSA) is 114 Å². The van der Waals surface area contributed by atoms with Crippen LogP contribution < -0.4 is 10.2 Å². The summed E-state index contributed by atoms with van der Waals surface area (Å²) in [5.41, 5.74) is 0. The minimum atomic E-state index is -4.71. The van der Waals surface area contributed by atoms with Crippen LogP contribution in [0.2, 0.25) is 0 Å². The molecule has 0 saturated heterocycles. The Kier molecular flexibility index (Phi) is 62.9. The summed E-state index contributed by atoms with van der Waals surface area (Å²) in [5.74, 6) is -0.533. The number of phosphoric acid groups is 1. The molecule has 0 aliphatic carbocycles. The molecule has 0 aromatic heterocycles. The van der Waals surface area contributed by atoms with Crippen LogP contribution in [0.1, 0.15) is 355 Å². The molecule has 85 heavy (non-hydrogen) atoms. The largest absolute Gasteiger partial charge is 0.756 e. The van der Waals surface area contributed by atoms with E-state index in [9.17, 15) is 19.0 Å². The lowest BCUT2D eigenvalue weighted by molar-refractivity contribution is -0.870. The molecule has 0 bridgehead atoms. The molecule has 9 nitrogen and oxygen atoms in total. The van der Waals surface area contributed by atoms with Gasteiger partial charge in [0.15, 0.2) is 0 Å². The van der Waals surface area contributed by atoms with E-state index in [0.29, 0.717) is 17.4 Å². The number of nitrogens with zero attached hydrogens (tertiary/aromatic N) is 1. The molecule has 0 radical (unpaired) electrons. The van der Waals surface area contributed by atoms with E-state index < -0.39 is 20.0 Å². The highest BCUT2D eigenvalue weighted by Crippen LogP contribution is 2.38. The van der Waals surface area contributed by atoms with Gasteiger partial charge in [-0.15, -0.1) is 0 Å². The van der Waals surface area contributed by atoms with Gasteiger partial charge in [0.1, 0.15) is 19.3 Å². The number of quaternary nitrogens is 1. The van der Waals surface area contributed by atoms with Gasteiger partial charge in [-0.05, 0) is 76.7 Å². The third-order valence-corrected chi connectivity index (χ3v) is 17.4. The Hall–Kier alpha value is -2.29. The molecular weight excluding hydrogens is 1070 g/mol. The van der Waals surface area contributed by atoms with Gasteiger partial charge in [-0.3, -0.25) is 14.2 Å². The fraction of sp³-hybridized carbons (Fsp3) is 0.840. The summed E-state index contributed by atoms with van der Waals surface area (Å²) in [6.45, 7) is 6.86. The Balaban J connectivity index is 4.99. The smallest absolute Gasteiger partial charge is 0.306 e. The summed E-state index contributed by atoms with van der Waals surface area (Å²) >= 11 is 0. The van der Waals surface area contributed by atoms with Crippen molar-refractivity contribution in [2.75, 3.05) is 40.9 Å². The van der Waals surface area contributed by atoms with Gasteiger partial charge in [-0.1, -0.05) is 326 Å². The van der Waals surface area contributed by atoms with Crippen molar-refractivity contribution in [3.05, 3.63) is 60.8 Å². The number of esters is 1. The second-order valence-electron chi connectivity index (χ2n) is 26.1. The molecule has 0 aliphatic rings. The number of phosphoric ester groups is 1. The number of carbonyl (C=O) groups is 2. The molecule has 0 aromatic carbocycles. The second-order valence-corrected chi connectivity index (χ2v) is 27.5. The summed E-state index contributed by atoms with van der Waals surface area (Å²) in [6.07, 6.45) is 83.5. The number of hydrogen-bond acceptors (Lipinski definition) is 7. The first kappa shape index (κ1) is 82.7. The number of hydrogen-bond donors (Lipinski definition) is 1. The van der Waals surface area contributed by atoms with Crippen LogP contribution in [0.5, 0.6) is 0 Å². The average molecular weight is 1210 g/mol. The van der Waals surface area contributed by atoms with Crippen molar-refractivity contribution in [2.24, 2.45) is 0 Å². The predicted molar refractivity (Wildman–Crippen MR) is 367 cm³/mol. The van der Waals surface area contributed by atoms with E-state index in [1.807, 2.05) is 33.3 Å². The first-order chi connectivity index (χ1) is 41.4. The van der Waals surface area contributed by atoms with Gasteiger partial charge in [-0.25, -0.2) is 0 Å². The molecule has 10 heteroatoms. The minimum absolute atomic E-state index is 0.0231. The van der Waals surface area contributed by atoms with Gasteiger partial charge in [0, 0.05) is 12.8 Å². The number of ether oxygens (including phenoxy) is 1. The number of rotatable bonds is 67. The maximum atomic E-state index is 13.6. The summed E-state index contributed by atoms with van der Waals surface area (Å²) in [4.78, 5) is 40.2. The van der Waals surface area contributed by atoms with Crippen molar-refractivity contribution in [1.29, 1.82) is 0 Å². The van der Waals surface area contributed by atoms with Crippen molar-refractivity contribution >= 4 is 19.7 Å². The van der Waals surface area contributed by atoms with Crippen LogP contribution in [0, 0.1) is 0 Å². The molecule has 0 aromatic rings. The first-order valence-electron chi connectivity index (χ1n) is 36.6. The third-order valence-electron chi connectivity index (χ3n) is 16.5. The highest BCUT2D eigenvalue weighted by Gasteiger charge is 2.27. The van der Waals surface area contributed by atoms with Crippen LogP contribution in [0.4, 0.5) is 0 Å². The van der Waals surface area contributed by atoms with Crippen molar-refractivity contribution in [2.45, 2.75) is 367 Å². The van der Waals surface area contributed by atoms with E-state index >= 15 is 0 Å². The van der Waals surface area contributed by atoms with Gasteiger partial charge in [0.2, 0.25) is 5.91 Å². The molecule has 0 aliphatic heterocycles. The van der Waals surface area contributed by atoms with E-state index in [-0.39, 0.29) is 31.5 Å². The SMILES string of the molecule is CCCCC/C=C\C/C=C\C/C=C\C/C=C\CCCCCCCCCCCC(=O)NC(COP(=O)([O-])OCC[N+](C)(C)C)C(/C=C/CCCCCCCCCCC)OC(=O)CCCCCCCCCCCCCCCCCCCCCCCCC. The zero-order valence-corrected chi connectivity index (χ0v) is 58.0. The van der Waals surface area contributed by atoms with Crippen molar-refractivity contribution in [1.82, 2.24) is 5.32 Å². The zero-order chi connectivity index (χ0) is 62.1. The van der Waals surface area contributed by atoms with Gasteiger partial charge >= 0.3 is 5.97 Å². The molecular formula is C75H141N2O7P. The fourth-order valence-electron chi connectivity index (χ4n) is 10.8. The summed E-state index contributed by atoms with van der Waals surface area (Å²) in [5, 5.41) is 3.04. The minimum Gasteiger partial charge on any atom is -0.756 e. The number of nitrogens with one attached hydrogen (secondary N) is 1. The lowest BCUT2D eigenvalue weighted by atomic mass is 10.0. The molecule has 0 fully saturated rings. The lowest BCUT2D eigenvalue weighted by Gasteiger charge is -2.30. The Bertz CT molecular complexity index is 1640. The standard InChI is InChI=1S/C75H141N2O7P/c1-7-10-13-16-19-22-25-27-29-31-33-35-37-38-40-41-43-45-47-49-52-55-58-61-64-67-74(78)76-72(71-83-85(80,81)82-70-69-77(4,5)6)73(66-63-60-57-54-51-24-21-18-15-12-9-3)84-75(79)68-65-62-59-56-53-50-48-46-44-42-39-36-34-32-30-28-26-23-20-17-14-11-8-2/h19,22,27,29,33,35,38,40,63,66,72-73H,7-18,20-21,23-26,28,30-32,34,36-37,39,41-62,64-65,67-71H2,1-6H3,(H-,76,78,80,81)/b22-19-,29-27-,35-33-,40-38-,66-63+. The lowest BCUT2D eigenvalue weighted by Crippen LogP contribution is -2.47. The van der Waals surface area contributed by atoms with Crippen molar-refractivity contribution in [3.8, 4) is 0 Å². The molecule has 0 saturated carbocycles. The van der Waals surface area contributed by atoms with Crippen molar-refractivity contribution < 1.29 is 37.3 Å². The van der Waals surface area contributed by atoms with E-state index in [4.69, 9.17) is 13.8 Å². The molecule has 0 spiro atoms. The van der Waals surface area contributed by atoms with E-state index in [2.05, 4.69) is 74.7 Å². The molecule has 0 rings (SSSR count). The second kappa shape index (κ2) is 64.7. The first-order valence-corrected chi connectivity index (χ1v) is 38.1. The summed E-state index contributed by atoms with van der Waals surface area (Å²) in [7, 11) is 1.19. The van der Waals surface area contributed by atoms with Gasteiger partial charge < -0.3 is 28.5 Å². The third kappa shape index (κ3) is 66.0. The highest BCUT2D eigenvalue weighted by atomic mass is 31.2. The number of unbranched alkanes of at least 4 members (excludes halogenated alkanes) is 43. The van der Waals surface area contributed by atoms with Gasteiger partial charge in [0.05, 0.1) is 33.8 Å². The molecule has 1 amide bonds. The van der Waals surface area contributed by atoms with E-state index in [1.54, 1.807) is 0 Å². The average Bonchev–Trinajstić information content (AvgIpc) is 3.64. The predicted octanol–water partition coefficient (Wildman–Crippen LogP) is 22.7. The van der Waals surface area contributed by atoms with Crippen LogP contribution in [-0.4, -0.2) is 69.4 Å². The normalized spacial score (nSPS) is 13.8. The Morgan fingerprint density at radius 2 is 0.718 bits per heavy atom. The molecule has 498 valence electrons. The highest BCUT2D eigenvalue weighted by molar-refractivity contribution is 7.45. The number of allylic oxidation sites excluding steroid dienone is 9. The van der Waals surface area contributed by atoms with E-state index in [1.165, 1.54) is 231 Å². The fourth-order valence-corrected chi connectivity index (χ4v) is 11.5. The Morgan fingerprint density at radius 3 is 1.09 bits per heavy atom. The maximum Gasteiger partial charge on any atom is 0.306 e. The monoisotopic (exact) mass is 1210 g/mol. The molecule has 1 N–H and O–H groups in total. The summed E-state index contributed by atoms with van der Waals surface area (Å²) < 4.78 is 30.5. The molecule has 3 atom stereocenters. The van der Waals surface area contributed by atoms with Crippen molar-refractivity contribution in [3.63, 3.8) is 0 Å². The van der Waals surface area contributed by atoms with Gasteiger partial charge in [0.25, 0.3) is 7.82 Å². The van der Waals surface area contributed by atoms with Gasteiger partial charge in [-0.2, -0.15) is 0 Å². The molecule has 3 unspecified atom stereocenters. The number of carbonyl (C=O) groups excluding carboxylic acids is 2. The quantitative estimate of drug-likeness (QED) is 0.0212. The zero-order valence-electron chi connectivity index (χ0n) is 57.1. The number of likely N-dealkylation sites (N-methyl/N-ethyl adjacent to an activating group) is 1. The number of amides is 1. The van der Waals surface area contributed by atoms with Crippen LogP contribution in [0.15, 0.2) is 60.8 Å². The Labute approximate surface area is 528 Å². The molecule has 0 heterocycles. The Morgan fingerprint density at radius 1 is 0.412 bits per heavy atom. The van der Waals surface area contributed by atoms with Crippen LogP contribution in [0.25, 0.3) is 0 Å². The summed E-state index contributed by atoms with van der Waals surface area (Å²) in [6, 6.07) is -0.892.